The summed E-state index contributed by atoms with van der Waals surface area (Å²) in [7, 11) is 0. The third-order valence-electron chi connectivity index (χ3n) is 15.9. The molecule has 0 spiro atoms. The SMILES string of the molecule is CC1(C)CCC(C)(C)c2cc3c(cc21)N1c2cc4c(oc5ccccc54)c4c2B(c2cccc(c21)C3(C)C)N(c1cccc2c1oc1ccccc12)c1ccc(-c2ccccc2)cc1-4. The van der Waals surface area contributed by atoms with Gasteiger partial charge in [0.25, 0.3) is 0 Å². The molecule has 0 bridgehead atoms. The fourth-order valence-electron chi connectivity index (χ4n) is 12.4. The molecule has 0 unspecified atom stereocenters. The van der Waals surface area contributed by atoms with E-state index in [2.05, 4.69) is 203 Å². The molecular formula is C59H47BN2O2. The highest BCUT2D eigenvalue weighted by molar-refractivity contribution is 6.94. The Labute approximate surface area is 373 Å². The van der Waals surface area contributed by atoms with Gasteiger partial charge in [-0.1, -0.05) is 151 Å². The molecule has 3 aliphatic heterocycles. The summed E-state index contributed by atoms with van der Waals surface area (Å²) in [4.78, 5) is 5.27. The molecule has 0 fully saturated rings. The van der Waals surface area contributed by atoms with Gasteiger partial charge in [0.2, 0.25) is 0 Å². The summed E-state index contributed by atoms with van der Waals surface area (Å²) in [5.74, 6) is 0. The van der Waals surface area contributed by atoms with Gasteiger partial charge in [-0.25, -0.2) is 0 Å². The van der Waals surface area contributed by atoms with Gasteiger partial charge in [0, 0.05) is 55.1 Å². The van der Waals surface area contributed by atoms with Crippen LogP contribution in [0.25, 0.3) is 66.1 Å². The van der Waals surface area contributed by atoms with Crippen LogP contribution in [0.15, 0.2) is 160 Å². The van der Waals surface area contributed by atoms with Gasteiger partial charge >= 0.3 is 6.85 Å². The Balaban J connectivity index is 1.16. The summed E-state index contributed by atoms with van der Waals surface area (Å²) in [6.07, 6.45) is 2.33. The number of benzene rings is 8. The number of anilines is 5. The van der Waals surface area contributed by atoms with Crippen molar-refractivity contribution in [3.63, 3.8) is 0 Å². The van der Waals surface area contributed by atoms with Crippen LogP contribution in [0.4, 0.5) is 28.4 Å². The normalized spacial score (nSPS) is 17.1. The molecule has 14 rings (SSSR count). The molecule has 64 heavy (non-hydrogen) atoms. The molecule has 0 saturated heterocycles. The third-order valence-corrected chi connectivity index (χ3v) is 15.9. The second-order valence-electron chi connectivity index (χ2n) is 20.7. The zero-order chi connectivity index (χ0) is 43.0. The highest BCUT2D eigenvalue weighted by Gasteiger charge is 2.52. The second-order valence-corrected chi connectivity index (χ2v) is 20.7. The Bertz CT molecular complexity index is 3680. The van der Waals surface area contributed by atoms with E-state index < -0.39 is 0 Å². The van der Waals surface area contributed by atoms with Crippen LogP contribution in [-0.2, 0) is 16.2 Å². The fourth-order valence-corrected chi connectivity index (χ4v) is 12.4. The Morgan fingerprint density at radius 2 is 1.12 bits per heavy atom. The molecule has 10 aromatic rings. The average molecular weight is 827 g/mol. The van der Waals surface area contributed by atoms with Gasteiger partial charge in [0.05, 0.1) is 11.4 Å². The standard InChI is InChI=1S/C59H47BN2O2/c1-57(2)28-29-58(3,4)43-33-48-44(32-42(43)57)59(5,6)41-21-15-22-45-54(41)61(48)49-31-39-37-19-11-13-25-51(37)64-56(39)52-40-30-35(34-16-8-7-9-17-34)26-27-46(40)62(60(45)53(49)52)47-23-14-20-38-36-18-10-12-24-50(36)63-55(38)47/h7-27,30-33H,28-29H2,1-6H3. The van der Waals surface area contributed by atoms with Crippen molar-refractivity contribution in [2.45, 2.75) is 70.6 Å². The van der Waals surface area contributed by atoms with Crippen molar-refractivity contribution in [1.82, 2.24) is 0 Å². The molecule has 2 aromatic heterocycles. The summed E-state index contributed by atoms with van der Waals surface area (Å²) < 4.78 is 14.1. The lowest BCUT2D eigenvalue weighted by molar-refractivity contribution is 0.331. The van der Waals surface area contributed by atoms with Gasteiger partial charge in [-0.15, -0.1) is 0 Å². The predicted molar refractivity (Wildman–Crippen MR) is 268 cm³/mol. The van der Waals surface area contributed by atoms with Crippen molar-refractivity contribution in [1.29, 1.82) is 0 Å². The minimum atomic E-state index is -0.266. The molecule has 0 radical (unpaired) electrons. The molecule has 0 saturated carbocycles. The maximum atomic E-state index is 7.14. The van der Waals surface area contributed by atoms with E-state index in [1.54, 1.807) is 0 Å². The lowest BCUT2D eigenvalue weighted by atomic mass is 9.42. The van der Waals surface area contributed by atoms with E-state index in [0.717, 1.165) is 72.8 Å². The fraction of sp³-hybridized carbons (Fsp3) is 0.186. The minimum Gasteiger partial charge on any atom is -0.455 e. The van der Waals surface area contributed by atoms with E-state index in [9.17, 15) is 0 Å². The maximum absolute atomic E-state index is 7.14. The molecule has 5 heteroatoms. The van der Waals surface area contributed by atoms with Crippen LogP contribution in [0.2, 0.25) is 0 Å². The highest BCUT2D eigenvalue weighted by atomic mass is 16.3. The third kappa shape index (κ3) is 4.59. The van der Waals surface area contributed by atoms with Crippen LogP contribution in [0.1, 0.15) is 76.6 Å². The van der Waals surface area contributed by atoms with Gasteiger partial charge in [-0.3, -0.25) is 0 Å². The molecule has 1 aliphatic carbocycles. The number of rotatable bonds is 2. The summed E-state index contributed by atoms with van der Waals surface area (Å²) in [6.45, 7) is 14.5. The Kier molecular flexibility index (Phi) is 6.95. The predicted octanol–water partition coefficient (Wildman–Crippen LogP) is 14.8. The van der Waals surface area contributed by atoms with Crippen LogP contribution in [0.3, 0.4) is 0 Å². The molecule has 308 valence electrons. The van der Waals surface area contributed by atoms with Gasteiger partial charge in [0.15, 0.2) is 5.58 Å². The molecular weight excluding hydrogens is 779 g/mol. The molecule has 4 nitrogen and oxygen atoms in total. The molecule has 4 aliphatic rings. The maximum Gasteiger partial charge on any atom is 0.333 e. The van der Waals surface area contributed by atoms with Gasteiger partial charge < -0.3 is 18.5 Å². The number of furan rings is 2. The Morgan fingerprint density at radius 3 is 1.89 bits per heavy atom. The van der Waals surface area contributed by atoms with E-state index in [1.807, 2.05) is 0 Å². The summed E-state index contributed by atoms with van der Waals surface area (Å²) in [5, 5.41) is 4.51. The van der Waals surface area contributed by atoms with E-state index in [0.29, 0.717) is 0 Å². The quantitative estimate of drug-likeness (QED) is 0.163. The van der Waals surface area contributed by atoms with Crippen molar-refractivity contribution >= 4 is 90.1 Å². The zero-order valence-electron chi connectivity index (χ0n) is 37.1. The average Bonchev–Trinajstić information content (AvgIpc) is 3.88. The number of para-hydroxylation sites is 4. The van der Waals surface area contributed by atoms with Crippen molar-refractivity contribution in [2.75, 3.05) is 9.71 Å². The Morgan fingerprint density at radius 1 is 0.469 bits per heavy atom. The minimum absolute atomic E-state index is 0.0428. The number of hydrogen-bond donors (Lipinski definition) is 0. The number of hydrogen-bond acceptors (Lipinski definition) is 4. The van der Waals surface area contributed by atoms with E-state index in [1.165, 1.54) is 67.8 Å². The first-order chi connectivity index (χ1) is 31.0. The van der Waals surface area contributed by atoms with Crippen LogP contribution in [-0.4, -0.2) is 6.85 Å². The second kappa shape index (κ2) is 12.2. The molecule has 0 N–H and O–H groups in total. The first-order valence-electron chi connectivity index (χ1n) is 23.0. The Hall–Kier alpha value is -6.98. The number of fused-ring (bicyclic) bond motifs is 14. The molecule has 0 amide bonds. The first kappa shape index (κ1) is 36.5. The van der Waals surface area contributed by atoms with Crippen molar-refractivity contribution in [3.05, 3.63) is 174 Å². The highest BCUT2D eigenvalue weighted by Crippen LogP contribution is 2.59. The first-order valence-corrected chi connectivity index (χ1v) is 23.0. The van der Waals surface area contributed by atoms with Crippen molar-refractivity contribution < 1.29 is 8.83 Å². The van der Waals surface area contributed by atoms with Crippen molar-refractivity contribution in [2.24, 2.45) is 0 Å². The lowest BCUT2D eigenvalue weighted by Gasteiger charge is -2.51. The van der Waals surface area contributed by atoms with Gasteiger partial charge in [0.1, 0.15) is 16.7 Å². The van der Waals surface area contributed by atoms with E-state index >= 15 is 0 Å². The van der Waals surface area contributed by atoms with Gasteiger partial charge in [-0.05, 0) is 110 Å². The molecule has 0 atom stereocenters. The largest absolute Gasteiger partial charge is 0.455 e. The number of nitrogens with zero attached hydrogens (tertiary/aromatic N) is 2. The van der Waals surface area contributed by atoms with Crippen LogP contribution < -0.4 is 20.6 Å². The summed E-state index contributed by atoms with van der Waals surface area (Å²) >= 11 is 0. The monoisotopic (exact) mass is 826 g/mol. The van der Waals surface area contributed by atoms with Crippen molar-refractivity contribution in [3.8, 4) is 22.3 Å². The topological polar surface area (TPSA) is 32.8 Å². The smallest absolute Gasteiger partial charge is 0.333 e. The van der Waals surface area contributed by atoms with Crippen LogP contribution in [0, 0.1) is 0 Å². The van der Waals surface area contributed by atoms with E-state index in [4.69, 9.17) is 8.83 Å². The molecule has 8 aromatic carbocycles. The summed E-state index contributed by atoms with van der Waals surface area (Å²) in [6, 6.07) is 56.3. The summed E-state index contributed by atoms with van der Waals surface area (Å²) in [5.41, 5.74) is 22.3. The van der Waals surface area contributed by atoms with Crippen LogP contribution >= 0.6 is 0 Å². The molecule has 5 heterocycles. The zero-order valence-corrected chi connectivity index (χ0v) is 37.1. The van der Waals surface area contributed by atoms with Gasteiger partial charge in [-0.2, -0.15) is 0 Å². The van der Waals surface area contributed by atoms with Crippen LogP contribution in [0.5, 0.6) is 0 Å². The lowest BCUT2D eigenvalue weighted by Crippen LogP contribution is -2.62. The van der Waals surface area contributed by atoms with E-state index in [-0.39, 0.29) is 23.1 Å².